The minimum atomic E-state index is -3.09. The monoisotopic (exact) mass is 348 g/mol. The lowest BCUT2D eigenvalue weighted by molar-refractivity contribution is 0.0687. The van der Waals surface area contributed by atoms with Crippen molar-refractivity contribution in [3.63, 3.8) is 0 Å². The van der Waals surface area contributed by atoms with Gasteiger partial charge in [0.2, 0.25) is 0 Å². The molecule has 1 aromatic rings. The number of sulfone groups is 1. The maximum absolute atomic E-state index is 12.7. The molecule has 1 saturated carbocycles. The molecule has 0 bridgehead atoms. The molecule has 0 aromatic carbocycles. The fraction of sp³-hybridized carbons (Fsp3) is 0.538. The number of nitrogens with zero attached hydrogens (tertiary/aromatic N) is 2. The second-order valence-electron chi connectivity index (χ2n) is 5.39. The van der Waals surface area contributed by atoms with E-state index in [1.807, 2.05) is 0 Å². The number of hydrogen-bond donors (Lipinski definition) is 0. The summed E-state index contributed by atoms with van der Waals surface area (Å²) < 4.78 is 24.2. The Balaban J connectivity index is 1.93. The van der Waals surface area contributed by atoms with E-state index in [4.69, 9.17) is 23.2 Å². The van der Waals surface area contributed by atoms with Gasteiger partial charge in [0, 0.05) is 18.8 Å². The standard InChI is InChI=1S/C13H14Cl2N2O3S/c14-9-7-16-12(15)6-8(9)13(18)17-4-5-21(19,20)11-3-1-2-10(11)17/h6-7,10-11H,1-5H2. The highest BCUT2D eigenvalue weighted by Crippen LogP contribution is 2.35. The third-order valence-corrected chi connectivity index (χ3v) is 6.94. The molecule has 0 spiro atoms. The maximum Gasteiger partial charge on any atom is 0.255 e. The molecule has 2 heterocycles. The predicted octanol–water partition coefficient (Wildman–Crippen LogP) is 2.18. The molecule has 1 amide bonds. The molecule has 3 rings (SSSR count). The summed E-state index contributed by atoms with van der Waals surface area (Å²) in [6.07, 6.45) is 3.50. The van der Waals surface area contributed by atoms with Crippen molar-refractivity contribution in [2.45, 2.75) is 30.6 Å². The lowest BCUT2D eigenvalue weighted by atomic mass is 10.1. The Morgan fingerprint density at radius 2 is 2.10 bits per heavy atom. The molecule has 114 valence electrons. The number of rotatable bonds is 1. The Morgan fingerprint density at radius 3 is 2.86 bits per heavy atom. The number of halogens is 2. The van der Waals surface area contributed by atoms with E-state index in [0.29, 0.717) is 12.8 Å². The van der Waals surface area contributed by atoms with Crippen molar-refractivity contribution < 1.29 is 13.2 Å². The lowest BCUT2D eigenvalue weighted by Crippen LogP contribution is -2.54. The number of fused-ring (bicyclic) bond motifs is 1. The van der Waals surface area contributed by atoms with E-state index in [9.17, 15) is 13.2 Å². The topological polar surface area (TPSA) is 67.3 Å². The van der Waals surface area contributed by atoms with Crippen molar-refractivity contribution in [2.75, 3.05) is 12.3 Å². The summed E-state index contributed by atoms with van der Waals surface area (Å²) in [5, 5.41) is -0.0194. The van der Waals surface area contributed by atoms with Crippen LogP contribution >= 0.6 is 23.2 Å². The van der Waals surface area contributed by atoms with E-state index < -0.39 is 15.1 Å². The molecule has 0 N–H and O–H groups in total. The first-order valence-electron chi connectivity index (χ1n) is 6.74. The van der Waals surface area contributed by atoms with Crippen LogP contribution in [-0.2, 0) is 9.84 Å². The van der Waals surface area contributed by atoms with Gasteiger partial charge < -0.3 is 4.90 Å². The molecule has 21 heavy (non-hydrogen) atoms. The highest BCUT2D eigenvalue weighted by atomic mass is 35.5. The molecule has 8 heteroatoms. The minimum absolute atomic E-state index is 0.0103. The van der Waals surface area contributed by atoms with Gasteiger partial charge in [-0.3, -0.25) is 4.79 Å². The van der Waals surface area contributed by atoms with E-state index in [-0.39, 0.29) is 40.0 Å². The van der Waals surface area contributed by atoms with Gasteiger partial charge in [-0.05, 0) is 25.3 Å². The van der Waals surface area contributed by atoms with Crippen molar-refractivity contribution >= 4 is 38.9 Å². The van der Waals surface area contributed by atoms with Crippen molar-refractivity contribution in [1.29, 1.82) is 0 Å². The summed E-state index contributed by atoms with van der Waals surface area (Å²) in [7, 11) is -3.09. The average Bonchev–Trinajstić information content (AvgIpc) is 2.92. The van der Waals surface area contributed by atoms with Crippen LogP contribution in [0.3, 0.4) is 0 Å². The molecule has 2 aliphatic rings. The number of aromatic nitrogens is 1. The quantitative estimate of drug-likeness (QED) is 0.729. The summed E-state index contributed by atoms with van der Waals surface area (Å²) in [6, 6.07) is 1.18. The molecule has 1 saturated heterocycles. The minimum Gasteiger partial charge on any atom is -0.333 e. The maximum atomic E-state index is 12.7. The third-order valence-electron chi connectivity index (χ3n) is 4.21. The van der Waals surface area contributed by atoms with Crippen molar-refractivity contribution in [3.05, 3.63) is 28.0 Å². The molecule has 2 unspecified atom stereocenters. The number of carbonyl (C=O) groups is 1. The Labute approximate surface area is 133 Å². The number of pyridine rings is 1. The van der Waals surface area contributed by atoms with E-state index in [0.717, 1.165) is 6.42 Å². The second-order valence-corrected chi connectivity index (χ2v) is 8.52. The summed E-state index contributed by atoms with van der Waals surface area (Å²) in [4.78, 5) is 18.1. The van der Waals surface area contributed by atoms with Crippen LogP contribution in [0.15, 0.2) is 12.3 Å². The molecule has 5 nitrogen and oxygen atoms in total. The van der Waals surface area contributed by atoms with Crippen LogP contribution in [0.5, 0.6) is 0 Å². The smallest absolute Gasteiger partial charge is 0.255 e. The van der Waals surface area contributed by atoms with Gasteiger partial charge in [0.25, 0.3) is 5.91 Å². The zero-order valence-corrected chi connectivity index (χ0v) is 13.5. The van der Waals surface area contributed by atoms with Gasteiger partial charge in [0.15, 0.2) is 9.84 Å². The molecular weight excluding hydrogens is 335 g/mol. The molecule has 2 fully saturated rings. The summed E-state index contributed by atoms with van der Waals surface area (Å²) in [5.41, 5.74) is 0.279. The predicted molar refractivity (Wildman–Crippen MR) is 80.5 cm³/mol. The Hall–Kier alpha value is -0.850. The van der Waals surface area contributed by atoms with E-state index >= 15 is 0 Å². The van der Waals surface area contributed by atoms with Gasteiger partial charge in [-0.15, -0.1) is 0 Å². The number of hydrogen-bond acceptors (Lipinski definition) is 4. The van der Waals surface area contributed by atoms with E-state index in [1.165, 1.54) is 12.3 Å². The Kier molecular flexibility index (Phi) is 3.88. The van der Waals surface area contributed by atoms with Crippen LogP contribution in [0.1, 0.15) is 29.6 Å². The van der Waals surface area contributed by atoms with Gasteiger partial charge in [-0.25, -0.2) is 13.4 Å². The van der Waals surface area contributed by atoms with E-state index in [1.54, 1.807) is 4.90 Å². The zero-order chi connectivity index (χ0) is 15.2. The highest BCUT2D eigenvalue weighted by molar-refractivity contribution is 7.92. The van der Waals surface area contributed by atoms with Gasteiger partial charge in [0.05, 0.1) is 21.6 Å². The fourth-order valence-electron chi connectivity index (χ4n) is 3.21. The van der Waals surface area contributed by atoms with Crippen molar-refractivity contribution in [3.8, 4) is 0 Å². The fourth-order valence-corrected chi connectivity index (χ4v) is 5.59. The largest absolute Gasteiger partial charge is 0.333 e. The van der Waals surface area contributed by atoms with Crippen LogP contribution < -0.4 is 0 Å². The summed E-state index contributed by atoms with van der Waals surface area (Å²) in [5.74, 6) is -0.257. The molecule has 2 atom stereocenters. The summed E-state index contributed by atoms with van der Waals surface area (Å²) >= 11 is 11.8. The second kappa shape index (κ2) is 5.41. The Bertz CT molecular complexity index is 693. The Morgan fingerprint density at radius 1 is 1.33 bits per heavy atom. The van der Waals surface area contributed by atoms with Crippen LogP contribution in [-0.4, -0.2) is 47.8 Å². The summed E-state index contributed by atoms with van der Waals surface area (Å²) in [6.45, 7) is 0.207. The van der Waals surface area contributed by atoms with Crippen LogP contribution in [0, 0.1) is 0 Å². The zero-order valence-electron chi connectivity index (χ0n) is 11.1. The molecule has 1 aromatic heterocycles. The molecular formula is C13H14Cl2N2O3S. The lowest BCUT2D eigenvalue weighted by Gasteiger charge is -2.37. The third kappa shape index (κ3) is 2.64. The molecule has 1 aliphatic carbocycles. The average molecular weight is 349 g/mol. The van der Waals surface area contributed by atoms with E-state index in [2.05, 4.69) is 4.98 Å². The molecule has 1 aliphatic heterocycles. The van der Waals surface area contributed by atoms with Gasteiger partial charge in [-0.1, -0.05) is 23.2 Å². The normalized spacial score (nSPS) is 27.4. The first kappa shape index (κ1) is 15.1. The molecule has 0 radical (unpaired) electrons. The van der Waals surface area contributed by atoms with Crippen LogP contribution in [0.4, 0.5) is 0 Å². The van der Waals surface area contributed by atoms with Crippen molar-refractivity contribution in [2.24, 2.45) is 0 Å². The number of amides is 1. The van der Waals surface area contributed by atoms with Gasteiger partial charge in [0.1, 0.15) is 5.15 Å². The first-order valence-corrected chi connectivity index (χ1v) is 9.21. The van der Waals surface area contributed by atoms with Gasteiger partial charge in [-0.2, -0.15) is 0 Å². The SMILES string of the molecule is O=C(c1cc(Cl)ncc1Cl)N1CCS(=O)(=O)C2CCCC21. The van der Waals surface area contributed by atoms with Crippen LogP contribution in [0.25, 0.3) is 0 Å². The van der Waals surface area contributed by atoms with Crippen LogP contribution in [0.2, 0.25) is 10.2 Å². The highest BCUT2D eigenvalue weighted by Gasteiger charge is 2.46. The number of carbonyl (C=O) groups excluding carboxylic acids is 1. The first-order chi connectivity index (χ1) is 9.90. The van der Waals surface area contributed by atoms with Crippen molar-refractivity contribution in [1.82, 2.24) is 9.88 Å². The van der Waals surface area contributed by atoms with Gasteiger partial charge >= 0.3 is 0 Å².